The third-order valence-electron chi connectivity index (χ3n) is 4.95. The Balaban J connectivity index is 1.34. The van der Waals surface area contributed by atoms with Crippen molar-refractivity contribution in [2.45, 2.75) is 19.7 Å². The number of aromatic nitrogens is 2. The molecule has 4 rings (SSSR count). The number of carbonyl (C=O) groups excluding carboxylic acids is 1. The molecule has 34 heavy (non-hydrogen) atoms. The highest BCUT2D eigenvalue weighted by Crippen LogP contribution is 2.28. The fourth-order valence-electron chi connectivity index (χ4n) is 3.18. The maximum Gasteiger partial charge on any atom is 0.437 e. The maximum absolute atomic E-state index is 13.1. The first kappa shape index (κ1) is 22.8. The van der Waals surface area contributed by atoms with E-state index in [0.717, 1.165) is 15.8 Å². The van der Waals surface area contributed by atoms with Crippen LogP contribution in [0.15, 0.2) is 82.0 Å². The van der Waals surface area contributed by atoms with Gasteiger partial charge in [0.15, 0.2) is 11.5 Å². The highest BCUT2D eigenvalue weighted by molar-refractivity contribution is 5.75. The average Bonchev–Trinajstić information content (AvgIpc) is 3.22. The fraction of sp³-hybridized carbons (Fsp3) is 0.160. The second kappa shape index (κ2) is 10.5. The number of rotatable bonds is 9. The number of carbonyl (C=O) groups is 1. The zero-order valence-electron chi connectivity index (χ0n) is 18.4. The summed E-state index contributed by atoms with van der Waals surface area (Å²) >= 11 is 0. The molecule has 0 spiro atoms. The van der Waals surface area contributed by atoms with Gasteiger partial charge in [-0.05, 0) is 47.5 Å². The lowest BCUT2D eigenvalue weighted by Crippen LogP contribution is -2.31. The van der Waals surface area contributed by atoms with Crippen molar-refractivity contribution in [2.24, 2.45) is 0 Å². The van der Waals surface area contributed by atoms with Crippen LogP contribution in [0, 0.1) is 5.82 Å². The topological polar surface area (TPSA) is 95.6 Å². The van der Waals surface area contributed by atoms with Crippen LogP contribution in [0.25, 0.3) is 11.5 Å². The van der Waals surface area contributed by atoms with E-state index in [0.29, 0.717) is 23.7 Å². The Kier molecular flexibility index (Phi) is 7.02. The van der Waals surface area contributed by atoms with Crippen LogP contribution < -0.4 is 20.5 Å². The Morgan fingerprint density at radius 3 is 2.53 bits per heavy atom. The van der Waals surface area contributed by atoms with Crippen LogP contribution in [0.3, 0.4) is 0 Å². The van der Waals surface area contributed by atoms with Crippen molar-refractivity contribution in [3.05, 3.63) is 100 Å². The van der Waals surface area contributed by atoms with Gasteiger partial charge in [-0.15, -0.1) is 5.10 Å². The summed E-state index contributed by atoms with van der Waals surface area (Å²) in [7, 11) is 1.54. The maximum atomic E-state index is 13.1. The van der Waals surface area contributed by atoms with Crippen molar-refractivity contribution in [3.63, 3.8) is 0 Å². The van der Waals surface area contributed by atoms with E-state index in [1.807, 2.05) is 36.4 Å². The lowest BCUT2D eigenvalue weighted by molar-refractivity contribution is -0.122. The first-order valence-electron chi connectivity index (χ1n) is 10.5. The van der Waals surface area contributed by atoms with Gasteiger partial charge < -0.3 is 19.2 Å². The van der Waals surface area contributed by atoms with Crippen LogP contribution in [0.4, 0.5) is 4.39 Å². The van der Waals surface area contributed by atoms with Crippen LogP contribution in [0.2, 0.25) is 0 Å². The number of methoxy groups -OCH3 is 1. The molecule has 0 aliphatic carbocycles. The van der Waals surface area contributed by atoms with E-state index in [2.05, 4.69) is 10.4 Å². The lowest BCUT2D eigenvalue weighted by Gasteiger charge is -2.13. The molecule has 0 saturated heterocycles. The van der Waals surface area contributed by atoms with Crippen molar-refractivity contribution in [2.75, 3.05) is 7.11 Å². The van der Waals surface area contributed by atoms with Crippen LogP contribution in [-0.4, -0.2) is 22.8 Å². The molecule has 4 aromatic rings. The molecule has 1 amide bonds. The second-order valence-corrected chi connectivity index (χ2v) is 7.37. The zero-order valence-corrected chi connectivity index (χ0v) is 18.4. The molecule has 0 saturated carbocycles. The van der Waals surface area contributed by atoms with Gasteiger partial charge in [0.05, 0.1) is 7.11 Å². The molecular formula is C25H22FN3O5. The monoisotopic (exact) mass is 463 g/mol. The molecule has 1 N–H and O–H groups in total. The van der Waals surface area contributed by atoms with E-state index >= 15 is 0 Å². The van der Waals surface area contributed by atoms with Gasteiger partial charge >= 0.3 is 5.76 Å². The van der Waals surface area contributed by atoms with Crippen LogP contribution in [0.1, 0.15) is 11.1 Å². The summed E-state index contributed by atoms with van der Waals surface area (Å²) in [6.07, 6.45) is 0. The van der Waals surface area contributed by atoms with E-state index < -0.39 is 17.5 Å². The van der Waals surface area contributed by atoms with E-state index in [1.165, 1.54) is 24.3 Å². The minimum Gasteiger partial charge on any atom is -0.493 e. The van der Waals surface area contributed by atoms with Crippen molar-refractivity contribution in [1.82, 2.24) is 15.1 Å². The number of halogens is 1. The summed E-state index contributed by atoms with van der Waals surface area (Å²) in [5.74, 6) is -0.491. The molecule has 8 nitrogen and oxygen atoms in total. The fourth-order valence-corrected chi connectivity index (χ4v) is 3.18. The molecule has 0 fully saturated rings. The number of hydrogen-bond donors (Lipinski definition) is 1. The molecule has 0 atom stereocenters. The van der Waals surface area contributed by atoms with Gasteiger partial charge in [0.1, 0.15) is 19.0 Å². The number of amides is 1. The Bertz CT molecular complexity index is 1320. The molecule has 0 unspecified atom stereocenters. The molecule has 174 valence electrons. The number of ether oxygens (including phenoxy) is 2. The Hall–Kier alpha value is -4.40. The summed E-state index contributed by atoms with van der Waals surface area (Å²) < 4.78 is 30.3. The van der Waals surface area contributed by atoms with Gasteiger partial charge in [-0.2, -0.15) is 4.68 Å². The van der Waals surface area contributed by atoms with Gasteiger partial charge in [-0.3, -0.25) is 4.79 Å². The van der Waals surface area contributed by atoms with Crippen LogP contribution >= 0.6 is 0 Å². The predicted molar refractivity (Wildman–Crippen MR) is 122 cm³/mol. The van der Waals surface area contributed by atoms with Gasteiger partial charge in [0.25, 0.3) is 0 Å². The third-order valence-corrected chi connectivity index (χ3v) is 4.95. The summed E-state index contributed by atoms with van der Waals surface area (Å²) in [4.78, 5) is 24.4. The quantitative estimate of drug-likeness (QED) is 0.408. The Morgan fingerprint density at radius 1 is 1.03 bits per heavy atom. The Labute approximate surface area is 194 Å². The van der Waals surface area contributed by atoms with Gasteiger partial charge in [0, 0.05) is 12.1 Å². The standard InChI is InChI=1S/C25H22FN3O5/c1-32-22-13-18(7-12-21(22)33-16-17-5-3-2-4-6-17)14-27-23(30)15-29-25(31)34-24(28-29)19-8-10-20(26)11-9-19/h2-13H,14-16H2,1H3,(H,27,30). The van der Waals surface area contributed by atoms with Crippen molar-refractivity contribution >= 4 is 5.91 Å². The van der Waals surface area contributed by atoms with Gasteiger partial charge in [-0.1, -0.05) is 36.4 Å². The van der Waals surface area contributed by atoms with E-state index in [-0.39, 0.29) is 19.0 Å². The molecule has 9 heteroatoms. The number of hydrogen-bond acceptors (Lipinski definition) is 6. The van der Waals surface area contributed by atoms with Crippen LogP contribution in [-0.2, 0) is 24.5 Å². The second-order valence-electron chi connectivity index (χ2n) is 7.37. The van der Waals surface area contributed by atoms with E-state index in [1.54, 1.807) is 19.2 Å². The molecule has 0 radical (unpaired) electrons. The SMILES string of the molecule is COc1cc(CNC(=O)Cn2nc(-c3ccc(F)cc3)oc2=O)ccc1OCc1ccccc1. The number of benzene rings is 3. The molecule has 3 aromatic carbocycles. The minimum absolute atomic E-state index is 0.00799. The van der Waals surface area contributed by atoms with Crippen molar-refractivity contribution in [1.29, 1.82) is 0 Å². The van der Waals surface area contributed by atoms with Crippen molar-refractivity contribution < 1.29 is 23.1 Å². The molecule has 1 aromatic heterocycles. The van der Waals surface area contributed by atoms with E-state index in [9.17, 15) is 14.0 Å². The summed E-state index contributed by atoms with van der Waals surface area (Å²) in [5.41, 5.74) is 2.25. The predicted octanol–water partition coefficient (Wildman–Crippen LogP) is 3.55. The first-order valence-corrected chi connectivity index (χ1v) is 10.5. The first-order chi connectivity index (χ1) is 16.5. The molecule has 0 aliphatic heterocycles. The summed E-state index contributed by atoms with van der Waals surface area (Å²) in [5, 5.41) is 6.74. The average molecular weight is 463 g/mol. The summed E-state index contributed by atoms with van der Waals surface area (Å²) in [6, 6.07) is 20.5. The van der Waals surface area contributed by atoms with Gasteiger partial charge in [-0.25, -0.2) is 9.18 Å². The highest BCUT2D eigenvalue weighted by atomic mass is 19.1. The molecule has 0 aliphatic rings. The normalized spacial score (nSPS) is 10.6. The Morgan fingerprint density at radius 2 is 1.79 bits per heavy atom. The molecule has 1 heterocycles. The lowest BCUT2D eigenvalue weighted by atomic mass is 10.2. The number of nitrogens with one attached hydrogen (secondary N) is 1. The zero-order chi connectivity index (χ0) is 23.9. The largest absolute Gasteiger partial charge is 0.493 e. The summed E-state index contributed by atoms with van der Waals surface area (Å²) in [6.45, 7) is 0.296. The van der Waals surface area contributed by atoms with Crippen LogP contribution in [0.5, 0.6) is 11.5 Å². The number of nitrogens with zero attached hydrogens (tertiary/aromatic N) is 2. The molecular weight excluding hydrogens is 441 g/mol. The van der Waals surface area contributed by atoms with Gasteiger partial charge in [0.2, 0.25) is 11.8 Å². The molecule has 0 bridgehead atoms. The minimum atomic E-state index is -0.781. The van der Waals surface area contributed by atoms with Crippen molar-refractivity contribution in [3.8, 4) is 23.0 Å². The van der Waals surface area contributed by atoms with E-state index in [4.69, 9.17) is 13.9 Å². The third kappa shape index (κ3) is 5.69. The highest BCUT2D eigenvalue weighted by Gasteiger charge is 2.14. The smallest absolute Gasteiger partial charge is 0.437 e.